The third kappa shape index (κ3) is 4.00. The van der Waals surface area contributed by atoms with Crippen molar-refractivity contribution in [2.24, 2.45) is 0 Å². The third-order valence-electron chi connectivity index (χ3n) is 4.63. The van der Waals surface area contributed by atoms with Crippen LogP contribution in [0, 0.1) is 6.92 Å². The van der Waals surface area contributed by atoms with Gasteiger partial charge in [-0.25, -0.2) is 4.68 Å². The van der Waals surface area contributed by atoms with Crippen LogP contribution in [-0.4, -0.2) is 20.0 Å². The summed E-state index contributed by atoms with van der Waals surface area (Å²) in [5.74, 6) is 0. The molecular formula is C22H19Cl3N4S. The average Bonchev–Trinajstić information content (AvgIpc) is 3.26. The molecule has 154 valence electrons. The van der Waals surface area contributed by atoms with Gasteiger partial charge in [-0.15, -0.1) is 10.2 Å². The first kappa shape index (κ1) is 21.3. The van der Waals surface area contributed by atoms with E-state index in [1.165, 1.54) is 0 Å². The van der Waals surface area contributed by atoms with Crippen molar-refractivity contribution in [2.75, 3.05) is 0 Å². The molecule has 0 unspecified atom stereocenters. The molecule has 0 radical (unpaired) electrons. The highest BCUT2D eigenvalue weighted by Gasteiger charge is 2.25. The highest BCUT2D eigenvalue weighted by Crippen LogP contribution is 2.38. The molecule has 0 amide bonds. The van der Waals surface area contributed by atoms with E-state index in [9.17, 15) is 0 Å². The molecule has 30 heavy (non-hydrogen) atoms. The van der Waals surface area contributed by atoms with Gasteiger partial charge in [0, 0.05) is 26.6 Å². The van der Waals surface area contributed by atoms with Gasteiger partial charge in [-0.1, -0.05) is 79.0 Å². The number of rotatable bonds is 3. The summed E-state index contributed by atoms with van der Waals surface area (Å²) < 4.78 is 1.83. The maximum atomic E-state index is 6.53. The Morgan fingerprint density at radius 3 is 2.30 bits per heavy atom. The predicted molar refractivity (Wildman–Crippen MR) is 126 cm³/mol. The summed E-state index contributed by atoms with van der Waals surface area (Å²) >= 11 is 20.5. The molecule has 2 heterocycles. The van der Waals surface area contributed by atoms with Gasteiger partial charge >= 0.3 is 0 Å². The smallest absolute Gasteiger partial charge is 0.168 e. The van der Waals surface area contributed by atoms with Crippen molar-refractivity contribution >= 4 is 46.1 Å². The molecule has 0 saturated carbocycles. The van der Waals surface area contributed by atoms with Crippen molar-refractivity contribution in [3.63, 3.8) is 0 Å². The normalized spacial score (nSPS) is 11.8. The molecule has 2 aromatic heterocycles. The number of nitrogens with zero attached hydrogens (tertiary/aromatic N) is 4. The summed E-state index contributed by atoms with van der Waals surface area (Å²) in [6, 6.07) is 13.0. The summed E-state index contributed by atoms with van der Waals surface area (Å²) in [4.78, 5) is 0. The molecule has 0 spiro atoms. The molecule has 4 nitrogen and oxygen atoms in total. The lowest BCUT2D eigenvalue weighted by Gasteiger charge is -2.12. The van der Waals surface area contributed by atoms with Crippen molar-refractivity contribution < 1.29 is 0 Å². The van der Waals surface area contributed by atoms with E-state index in [1.807, 2.05) is 41.9 Å². The number of aromatic nitrogens is 4. The SMILES string of the molecule is Cc1c(-c2nnc(C(C)(C)C)s2)nn(-c2ccc(Cl)cc2Cl)c1-c1cccc(Cl)c1. The van der Waals surface area contributed by atoms with Gasteiger partial charge in [-0.3, -0.25) is 0 Å². The zero-order chi connectivity index (χ0) is 21.6. The predicted octanol–water partition coefficient (Wildman–Crippen LogP) is 7.62. The molecule has 4 rings (SSSR count). The van der Waals surface area contributed by atoms with Crippen LogP contribution >= 0.6 is 46.1 Å². The van der Waals surface area contributed by atoms with Crippen molar-refractivity contribution in [3.8, 4) is 27.6 Å². The van der Waals surface area contributed by atoms with Crippen LogP contribution in [0.4, 0.5) is 0 Å². The minimum Gasteiger partial charge on any atom is -0.231 e. The lowest BCUT2D eigenvalue weighted by atomic mass is 9.98. The van der Waals surface area contributed by atoms with E-state index >= 15 is 0 Å². The van der Waals surface area contributed by atoms with Crippen molar-refractivity contribution in [3.05, 3.63) is 68.1 Å². The Balaban J connectivity index is 1.97. The maximum absolute atomic E-state index is 6.53. The largest absolute Gasteiger partial charge is 0.231 e. The van der Waals surface area contributed by atoms with Crippen LogP contribution in [0.3, 0.4) is 0 Å². The molecule has 0 atom stereocenters. The molecule has 0 aliphatic carbocycles. The van der Waals surface area contributed by atoms with E-state index in [1.54, 1.807) is 23.5 Å². The zero-order valence-electron chi connectivity index (χ0n) is 16.9. The maximum Gasteiger partial charge on any atom is 0.168 e. The molecule has 0 bridgehead atoms. The van der Waals surface area contributed by atoms with Crippen molar-refractivity contribution in [2.45, 2.75) is 33.1 Å². The highest BCUT2D eigenvalue weighted by molar-refractivity contribution is 7.14. The standard InChI is InChI=1S/C22H19Cl3N4S/c1-12-18(20-26-27-21(30-20)22(2,3)4)28-29(17-9-8-15(24)11-16(17)25)19(12)13-6-5-7-14(23)10-13/h5-11H,1-4H3. The van der Waals surface area contributed by atoms with E-state index in [0.29, 0.717) is 15.1 Å². The second-order valence-electron chi connectivity index (χ2n) is 8.00. The van der Waals surface area contributed by atoms with Crippen LogP contribution in [0.5, 0.6) is 0 Å². The van der Waals surface area contributed by atoms with E-state index in [-0.39, 0.29) is 5.41 Å². The van der Waals surface area contributed by atoms with Gasteiger partial charge in [0.15, 0.2) is 5.01 Å². The Kier molecular flexibility index (Phi) is 5.66. The molecule has 0 N–H and O–H groups in total. The Hall–Kier alpha value is -1.92. The second-order valence-corrected chi connectivity index (χ2v) is 10.3. The Morgan fingerprint density at radius 1 is 0.933 bits per heavy atom. The van der Waals surface area contributed by atoms with Gasteiger partial charge in [0.25, 0.3) is 0 Å². The van der Waals surface area contributed by atoms with Crippen LogP contribution in [0.15, 0.2) is 42.5 Å². The summed E-state index contributed by atoms with van der Waals surface area (Å²) in [7, 11) is 0. The van der Waals surface area contributed by atoms with Gasteiger partial charge in [-0.2, -0.15) is 5.10 Å². The minimum atomic E-state index is -0.0817. The van der Waals surface area contributed by atoms with Crippen LogP contribution in [0.1, 0.15) is 31.3 Å². The first-order chi connectivity index (χ1) is 14.1. The number of benzene rings is 2. The van der Waals surface area contributed by atoms with Crippen LogP contribution in [0.25, 0.3) is 27.6 Å². The number of hydrogen-bond donors (Lipinski definition) is 0. The Morgan fingerprint density at radius 2 is 1.67 bits per heavy atom. The zero-order valence-corrected chi connectivity index (χ0v) is 20.0. The van der Waals surface area contributed by atoms with E-state index in [2.05, 4.69) is 31.0 Å². The van der Waals surface area contributed by atoms with E-state index in [4.69, 9.17) is 39.9 Å². The Bertz CT molecular complexity index is 1240. The molecule has 4 aromatic rings. The van der Waals surface area contributed by atoms with Gasteiger partial charge in [0.1, 0.15) is 10.7 Å². The molecule has 0 aliphatic rings. The molecule has 8 heteroatoms. The van der Waals surface area contributed by atoms with Gasteiger partial charge < -0.3 is 0 Å². The van der Waals surface area contributed by atoms with Gasteiger partial charge in [-0.05, 0) is 37.3 Å². The monoisotopic (exact) mass is 476 g/mol. The summed E-state index contributed by atoms with van der Waals surface area (Å²) in [6.07, 6.45) is 0. The fraction of sp³-hybridized carbons (Fsp3) is 0.227. The lowest BCUT2D eigenvalue weighted by molar-refractivity contribution is 0.578. The molecule has 2 aromatic carbocycles. The van der Waals surface area contributed by atoms with Crippen LogP contribution in [-0.2, 0) is 5.41 Å². The van der Waals surface area contributed by atoms with Crippen molar-refractivity contribution in [1.82, 2.24) is 20.0 Å². The van der Waals surface area contributed by atoms with E-state index in [0.717, 1.165) is 38.2 Å². The molecule has 0 fully saturated rings. The molecular weight excluding hydrogens is 459 g/mol. The Labute approximate surface area is 194 Å². The second kappa shape index (κ2) is 7.97. The summed E-state index contributed by atoms with van der Waals surface area (Å²) in [5, 5.41) is 17.2. The first-order valence-electron chi connectivity index (χ1n) is 9.30. The van der Waals surface area contributed by atoms with Gasteiger partial charge in [0.2, 0.25) is 0 Å². The van der Waals surface area contributed by atoms with Crippen molar-refractivity contribution in [1.29, 1.82) is 0 Å². The summed E-state index contributed by atoms with van der Waals surface area (Å²) in [6.45, 7) is 8.38. The van der Waals surface area contributed by atoms with E-state index < -0.39 is 0 Å². The fourth-order valence-electron chi connectivity index (χ4n) is 3.12. The molecule has 0 aliphatic heterocycles. The van der Waals surface area contributed by atoms with Crippen LogP contribution in [0.2, 0.25) is 15.1 Å². The fourth-order valence-corrected chi connectivity index (χ4v) is 4.75. The lowest BCUT2D eigenvalue weighted by Crippen LogP contribution is -2.10. The first-order valence-corrected chi connectivity index (χ1v) is 11.3. The molecule has 0 saturated heterocycles. The highest BCUT2D eigenvalue weighted by atomic mass is 35.5. The van der Waals surface area contributed by atoms with Gasteiger partial charge in [0.05, 0.1) is 16.4 Å². The number of hydrogen-bond acceptors (Lipinski definition) is 4. The third-order valence-corrected chi connectivity index (χ3v) is 6.76. The minimum absolute atomic E-state index is 0.0817. The summed E-state index contributed by atoms with van der Waals surface area (Å²) in [5.41, 5.74) is 4.21. The quantitative estimate of drug-likeness (QED) is 0.305. The topological polar surface area (TPSA) is 43.6 Å². The van der Waals surface area contributed by atoms with Crippen LogP contribution < -0.4 is 0 Å². The average molecular weight is 478 g/mol. The number of halogens is 3.